The number of imidazole rings is 1. The zero-order valence-corrected chi connectivity index (χ0v) is 14.6. The Hall–Kier alpha value is -2.70. The molecular formula is C18H21N7. The van der Waals surface area contributed by atoms with E-state index < -0.39 is 0 Å². The molecule has 1 aliphatic carbocycles. The maximum Gasteiger partial charge on any atom is 0.174 e. The van der Waals surface area contributed by atoms with Crippen molar-refractivity contribution in [2.45, 2.75) is 45.7 Å². The van der Waals surface area contributed by atoms with Gasteiger partial charge in [-0.15, -0.1) is 0 Å². The molecule has 0 amide bonds. The lowest BCUT2D eigenvalue weighted by Crippen LogP contribution is -2.32. The first-order valence-electron chi connectivity index (χ1n) is 8.84. The zero-order chi connectivity index (χ0) is 17.0. The van der Waals surface area contributed by atoms with Crippen LogP contribution in [0.1, 0.15) is 41.7 Å². The van der Waals surface area contributed by atoms with Gasteiger partial charge in [0.05, 0.1) is 36.7 Å². The number of hydrogen-bond donors (Lipinski definition) is 0. The molecule has 3 aromatic heterocycles. The largest absolute Gasteiger partial charge is 0.349 e. The van der Waals surface area contributed by atoms with Gasteiger partial charge < -0.3 is 9.47 Å². The van der Waals surface area contributed by atoms with Gasteiger partial charge in [-0.1, -0.05) is 0 Å². The maximum atomic E-state index is 4.80. The summed E-state index contributed by atoms with van der Waals surface area (Å²) in [5, 5.41) is 4.51. The van der Waals surface area contributed by atoms with Crippen molar-refractivity contribution in [2.24, 2.45) is 0 Å². The van der Waals surface area contributed by atoms with Crippen LogP contribution in [-0.4, -0.2) is 35.8 Å². The fourth-order valence-electron chi connectivity index (χ4n) is 3.66. The first kappa shape index (κ1) is 14.6. The van der Waals surface area contributed by atoms with Crippen molar-refractivity contribution >= 4 is 5.82 Å². The van der Waals surface area contributed by atoms with E-state index in [4.69, 9.17) is 4.98 Å². The van der Waals surface area contributed by atoms with E-state index in [0.29, 0.717) is 6.04 Å². The average molecular weight is 335 g/mol. The highest BCUT2D eigenvalue weighted by Gasteiger charge is 2.29. The summed E-state index contributed by atoms with van der Waals surface area (Å²) in [4.78, 5) is 16.1. The maximum absolute atomic E-state index is 4.80. The van der Waals surface area contributed by atoms with Crippen LogP contribution in [0, 0.1) is 13.8 Å². The Morgan fingerprint density at radius 3 is 2.72 bits per heavy atom. The number of anilines is 1. The van der Waals surface area contributed by atoms with E-state index in [1.54, 1.807) is 6.20 Å². The van der Waals surface area contributed by atoms with Crippen molar-refractivity contribution in [1.29, 1.82) is 0 Å². The highest BCUT2D eigenvalue weighted by atomic mass is 15.3. The molecule has 0 aromatic carbocycles. The molecule has 3 aromatic rings. The van der Waals surface area contributed by atoms with Crippen LogP contribution in [0.2, 0.25) is 0 Å². The van der Waals surface area contributed by atoms with Crippen LogP contribution in [0.4, 0.5) is 5.82 Å². The van der Waals surface area contributed by atoms with Gasteiger partial charge in [-0.2, -0.15) is 5.10 Å². The second-order valence-electron chi connectivity index (χ2n) is 7.02. The van der Waals surface area contributed by atoms with Crippen molar-refractivity contribution < 1.29 is 0 Å². The molecule has 0 radical (unpaired) electrons. The normalized spacial score (nSPS) is 17.0. The summed E-state index contributed by atoms with van der Waals surface area (Å²) in [6, 6.07) is 2.74. The minimum atomic E-state index is 0.692. The van der Waals surface area contributed by atoms with E-state index in [9.17, 15) is 0 Å². The summed E-state index contributed by atoms with van der Waals surface area (Å²) in [6.07, 6.45) is 9.21. The molecule has 0 spiro atoms. The van der Waals surface area contributed by atoms with E-state index in [1.807, 2.05) is 37.1 Å². The predicted octanol–water partition coefficient (Wildman–Crippen LogP) is 2.37. The molecule has 0 unspecified atom stereocenters. The van der Waals surface area contributed by atoms with Crippen molar-refractivity contribution in [3.05, 3.63) is 47.6 Å². The molecule has 4 heterocycles. The molecular weight excluding hydrogens is 314 g/mol. The monoisotopic (exact) mass is 335 g/mol. The topological polar surface area (TPSA) is 64.7 Å². The van der Waals surface area contributed by atoms with Gasteiger partial charge in [-0.05, 0) is 32.8 Å². The molecule has 1 saturated carbocycles. The van der Waals surface area contributed by atoms with Crippen molar-refractivity contribution in [2.75, 3.05) is 11.4 Å². The third kappa shape index (κ3) is 2.50. The standard InChI is InChI=1S/C18H21N7/c1-12-7-13(2)25(22-12)18-9-19-8-17(21-18)23-6-5-16-15(10-23)20-11-24(16)14-3-4-14/h7-9,11,14H,3-6,10H2,1-2H3. The number of rotatable bonds is 3. The molecule has 0 atom stereocenters. The molecule has 0 N–H and O–H groups in total. The molecule has 25 heavy (non-hydrogen) atoms. The van der Waals surface area contributed by atoms with Gasteiger partial charge >= 0.3 is 0 Å². The summed E-state index contributed by atoms with van der Waals surface area (Å²) in [6.45, 7) is 5.76. The summed E-state index contributed by atoms with van der Waals surface area (Å²) in [5.41, 5.74) is 4.63. The zero-order valence-electron chi connectivity index (χ0n) is 14.6. The summed E-state index contributed by atoms with van der Waals surface area (Å²) >= 11 is 0. The average Bonchev–Trinajstić information content (AvgIpc) is 3.29. The SMILES string of the molecule is Cc1cc(C)n(-c2cncc(N3CCc4c(ncn4C4CC4)C3)n2)n1. The number of fused-ring (bicyclic) bond motifs is 1. The molecule has 7 nitrogen and oxygen atoms in total. The second kappa shape index (κ2) is 5.40. The Balaban J connectivity index is 1.44. The molecule has 7 heteroatoms. The predicted molar refractivity (Wildman–Crippen MR) is 93.9 cm³/mol. The van der Waals surface area contributed by atoms with E-state index in [1.165, 1.54) is 24.2 Å². The Morgan fingerprint density at radius 2 is 1.96 bits per heavy atom. The number of aryl methyl sites for hydroxylation is 2. The summed E-state index contributed by atoms with van der Waals surface area (Å²) in [7, 11) is 0. The van der Waals surface area contributed by atoms with Gasteiger partial charge in [0, 0.05) is 30.4 Å². The van der Waals surface area contributed by atoms with Crippen molar-refractivity contribution in [3.63, 3.8) is 0 Å². The highest BCUT2D eigenvalue weighted by Crippen LogP contribution is 2.37. The van der Waals surface area contributed by atoms with Crippen LogP contribution in [0.15, 0.2) is 24.8 Å². The molecule has 0 saturated heterocycles. The van der Waals surface area contributed by atoms with E-state index in [0.717, 1.165) is 42.5 Å². The first-order valence-corrected chi connectivity index (χ1v) is 8.84. The molecule has 2 aliphatic rings. The van der Waals surface area contributed by atoms with E-state index in [-0.39, 0.29) is 0 Å². The fraction of sp³-hybridized carbons (Fsp3) is 0.444. The molecule has 5 rings (SSSR count). The van der Waals surface area contributed by atoms with Gasteiger partial charge in [0.2, 0.25) is 0 Å². The third-order valence-corrected chi connectivity index (χ3v) is 5.04. The van der Waals surface area contributed by atoms with Gasteiger partial charge in [-0.25, -0.2) is 14.6 Å². The lowest BCUT2D eigenvalue weighted by molar-refractivity contribution is 0.636. The van der Waals surface area contributed by atoms with Crippen LogP contribution in [0.5, 0.6) is 0 Å². The lowest BCUT2D eigenvalue weighted by atomic mass is 10.1. The van der Waals surface area contributed by atoms with Gasteiger partial charge in [-0.3, -0.25) is 4.98 Å². The van der Waals surface area contributed by atoms with Crippen LogP contribution in [-0.2, 0) is 13.0 Å². The molecule has 0 bridgehead atoms. The number of nitrogens with zero attached hydrogens (tertiary/aromatic N) is 7. The smallest absolute Gasteiger partial charge is 0.174 e. The Bertz CT molecular complexity index is 935. The number of hydrogen-bond acceptors (Lipinski definition) is 5. The lowest BCUT2D eigenvalue weighted by Gasteiger charge is -2.28. The summed E-state index contributed by atoms with van der Waals surface area (Å²) < 4.78 is 4.23. The Kier molecular flexibility index (Phi) is 3.16. The minimum Gasteiger partial charge on any atom is -0.349 e. The van der Waals surface area contributed by atoms with Crippen LogP contribution in [0.3, 0.4) is 0 Å². The highest BCUT2D eigenvalue weighted by molar-refractivity contribution is 5.42. The second-order valence-corrected chi connectivity index (χ2v) is 7.02. The fourth-order valence-corrected chi connectivity index (χ4v) is 3.66. The van der Waals surface area contributed by atoms with Crippen LogP contribution >= 0.6 is 0 Å². The van der Waals surface area contributed by atoms with Crippen molar-refractivity contribution in [3.8, 4) is 5.82 Å². The van der Waals surface area contributed by atoms with E-state index >= 15 is 0 Å². The first-order chi connectivity index (χ1) is 12.2. The molecule has 128 valence electrons. The van der Waals surface area contributed by atoms with Crippen molar-refractivity contribution in [1.82, 2.24) is 29.3 Å². The van der Waals surface area contributed by atoms with Crippen LogP contribution < -0.4 is 4.90 Å². The van der Waals surface area contributed by atoms with Gasteiger partial charge in [0.1, 0.15) is 5.82 Å². The van der Waals surface area contributed by atoms with Gasteiger partial charge in [0.25, 0.3) is 0 Å². The Labute approximate surface area is 146 Å². The quantitative estimate of drug-likeness (QED) is 0.735. The van der Waals surface area contributed by atoms with E-state index in [2.05, 4.69) is 24.5 Å². The van der Waals surface area contributed by atoms with Crippen LogP contribution in [0.25, 0.3) is 5.82 Å². The minimum absolute atomic E-state index is 0.692. The van der Waals surface area contributed by atoms with Gasteiger partial charge in [0.15, 0.2) is 5.82 Å². The molecule has 1 fully saturated rings. The third-order valence-electron chi connectivity index (χ3n) is 5.04. The molecule has 1 aliphatic heterocycles. The Morgan fingerprint density at radius 1 is 1.12 bits per heavy atom. The number of aromatic nitrogens is 6. The summed E-state index contributed by atoms with van der Waals surface area (Å²) in [5.74, 6) is 1.65.